The number of carbonyl (C=O) groups is 12. The molecule has 28 nitrogen and oxygen atoms in total. The van der Waals surface area contributed by atoms with Gasteiger partial charge >= 0.3 is 82.9 Å². The maximum atomic E-state index is 12.8. The molecule has 8 N–H and O–H groups in total. The summed E-state index contributed by atoms with van der Waals surface area (Å²) in [6, 6.07) is 34.3. The van der Waals surface area contributed by atoms with Gasteiger partial charge in [-0.25, -0.2) is 0 Å². The van der Waals surface area contributed by atoms with Crippen molar-refractivity contribution in [2.75, 3.05) is 170 Å². The van der Waals surface area contributed by atoms with Gasteiger partial charge in [0.15, 0.2) is 11.6 Å². The van der Waals surface area contributed by atoms with Crippen LogP contribution < -0.4 is 10.6 Å². The van der Waals surface area contributed by atoms with Crippen molar-refractivity contribution in [1.29, 1.82) is 0 Å². The van der Waals surface area contributed by atoms with Gasteiger partial charge in [0, 0.05) is 207 Å². The summed E-state index contributed by atoms with van der Waals surface area (Å²) in [6.07, 6.45) is 1.73. The third-order valence-corrected chi connectivity index (χ3v) is 16.5. The number of nitrogens with zero attached hydrogens (tertiary/aromatic N) is 8. The number of Topliss-reactive ketones (excluding diaryl/α,β-unsaturated/α-hetero) is 4. The van der Waals surface area contributed by atoms with Crippen LogP contribution in [0, 0.1) is 69.1 Å². The molecule has 6 rings (SSSR count). The van der Waals surface area contributed by atoms with Crippen LogP contribution in [0.15, 0.2) is 109 Å². The first-order chi connectivity index (χ1) is 48.7. The summed E-state index contributed by atoms with van der Waals surface area (Å²) in [7, 11) is 0. The molecule has 0 aromatic heterocycles. The number of amides is 2. The molecule has 569 valence electrons. The predicted octanol–water partition coefficient (Wildman–Crippen LogP) is 4.58. The van der Waals surface area contributed by atoms with Gasteiger partial charge in [-0.3, -0.25) is 96.7 Å². The van der Waals surface area contributed by atoms with Crippen LogP contribution >= 0.6 is 17.9 Å². The molecule has 2 heterocycles. The summed E-state index contributed by atoms with van der Waals surface area (Å²) in [6.45, 7) is 3.95. The maximum Gasteiger partial charge on any atom is 0 e. The van der Waals surface area contributed by atoms with Gasteiger partial charge < -0.3 is 41.3 Å². The van der Waals surface area contributed by atoms with Crippen molar-refractivity contribution < 1.29 is 157 Å². The molecule has 33 heteroatoms. The van der Waals surface area contributed by atoms with Gasteiger partial charge in [-0.1, -0.05) is 109 Å². The Morgan fingerprint density at radius 1 is 0.301 bits per heavy atom. The van der Waals surface area contributed by atoms with E-state index in [4.69, 9.17) is 17.9 Å². The largest absolute Gasteiger partial charge is 0 e. The minimum Gasteiger partial charge on any atom is 0 e. The SMILES string of the molecule is O=C(O)CN1CCN(CC(=O)O)CCN(CC(=O)NCCCC(=O)CCC(=O)c2ccc(-c3ccccc3)cc2)CCN(CC(=O)O)CC1.O=C(O)CN1CCN(CC(=O)O)CCN(CC(=O)NCCCC(=O)CCC(=O)c2ccc(-c3ccccc3)cc2)CCN(CC(=O)O)CC1.[Cl][Gd]([Cl])[Cl].[Gd]. The molecule has 0 radical (unpaired) electrons. The first kappa shape index (κ1) is 91.7. The smallest absolute Gasteiger partial charge is 0 e. The molecular formula is C70H94Cl3Gd2N10O18. The fourth-order valence-corrected chi connectivity index (χ4v) is 11.1. The van der Waals surface area contributed by atoms with Gasteiger partial charge in [0.25, 0.3) is 0 Å². The molecule has 2 aliphatic rings. The number of carboxylic acid groups (broad SMARTS) is 6. The number of hydrogen-bond acceptors (Lipinski definition) is 20. The standard InChI is InChI=1S/2C35H47N5O9.3ClH.2Gd/c2*41-30(12-13-31(42)29-10-8-28(9-11-29)27-5-2-1-3-6-27)7-4-14-36-32(43)23-37-15-17-38(24-33(44)45)19-21-40(26-35(48)49)22-20-39(18-16-37)25-34(46)47;;;;;/h2*1-3,5-6,8-11H,4,7,12-26H2,(H,36,43)(H,44,45)(H,46,47)(H,48,49);3*1H;;/q;;;;;;+3/p-3. The van der Waals surface area contributed by atoms with Crippen LogP contribution in [0.25, 0.3) is 22.3 Å². The average Bonchev–Trinajstić information content (AvgIpc) is 0.867. The fraction of sp³-hybridized carbons (Fsp3) is 0.486. The zero-order valence-corrected chi connectivity index (χ0v) is 64.2. The van der Waals surface area contributed by atoms with Gasteiger partial charge in [0.2, 0.25) is 11.8 Å². The number of nitrogens with one attached hydrogen (secondary N) is 2. The Labute approximate surface area is 653 Å². The van der Waals surface area contributed by atoms with E-state index in [1.807, 2.05) is 94.7 Å². The van der Waals surface area contributed by atoms with Crippen molar-refractivity contribution in [2.24, 2.45) is 0 Å². The van der Waals surface area contributed by atoms with Gasteiger partial charge in [-0.2, -0.15) is 0 Å². The molecule has 0 atom stereocenters. The molecule has 2 fully saturated rings. The molecule has 4 aromatic carbocycles. The van der Waals surface area contributed by atoms with E-state index in [1.165, 1.54) is 0 Å². The van der Waals surface area contributed by atoms with Gasteiger partial charge in [0.05, 0.1) is 52.4 Å². The van der Waals surface area contributed by atoms with E-state index in [2.05, 4.69) is 10.6 Å². The molecule has 2 aliphatic heterocycles. The Balaban J connectivity index is 0.000000504. The van der Waals surface area contributed by atoms with Crippen molar-refractivity contribution in [2.45, 2.75) is 51.4 Å². The van der Waals surface area contributed by atoms with Crippen LogP contribution in [-0.4, -0.2) is 311 Å². The number of carbonyl (C=O) groups excluding carboxylic acids is 6. The molecule has 4 aromatic rings. The molecule has 2 saturated heterocycles. The predicted molar refractivity (Wildman–Crippen MR) is 380 cm³/mol. The molecule has 0 unspecified atom stereocenters. The number of rotatable bonds is 34. The van der Waals surface area contributed by atoms with Gasteiger partial charge in [0.1, 0.15) is 11.6 Å². The van der Waals surface area contributed by atoms with E-state index in [9.17, 15) is 88.2 Å². The Hall–Kier alpha value is -5.48. The van der Waals surface area contributed by atoms with Gasteiger partial charge in [-0.05, 0) is 35.1 Å². The van der Waals surface area contributed by atoms with Crippen LogP contribution in [-0.2, 0) is 47.9 Å². The second-order valence-corrected chi connectivity index (χ2v) is 34.4. The number of benzene rings is 4. The molecule has 103 heavy (non-hydrogen) atoms. The van der Waals surface area contributed by atoms with Crippen molar-refractivity contribution in [3.05, 3.63) is 120 Å². The fourth-order valence-electron chi connectivity index (χ4n) is 11.1. The first-order valence-corrected chi connectivity index (χ1v) is 41.9. The Morgan fingerprint density at radius 2 is 0.505 bits per heavy atom. The van der Waals surface area contributed by atoms with E-state index in [0.29, 0.717) is 103 Å². The number of halogens is 3. The third-order valence-electron chi connectivity index (χ3n) is 16.5. The van der Waals surface area contributed by atoms with Crippen LogP contribution in [0.3, 0.4) is 0 Å². The van der Waals surface area contributed by atoms with Crippen LogP contribution in [0.2, 0.25) is 0 Å². The molecule has 0 aliphatic carbocycles. The van der Waals surface area contributed by atoms with Gasteiger partial charge in [-0.15, -0.1) is 0 Å². The van der Waals surface area contributed by atoms with Crippen LogP contribution in [0.5, 0.6) is 0 Å². The summed E-state index contributed by atoms with van der Waals surface area (Å²) in [5, 5.41) is 61.7. The van der Waals surface area contributed by atoms with Crippen molar-refractivity contribution >= 4 is 88.7 Å². The summed E-state index contributed by atoms with van der Waals surface area (Å²) in [5.41, 5.74) is 5.23. The minimum atomic E-state index is -1.98. The van der Waals surface area contributed by atoms with E-state index < -0.39 is 65.0 Å². The van der Waals surface area contributed by atoms with Crippen LogP contribution in [0.4, 0.5) is 0 Å². The summed E-state index contributed by atoms with van der Waals surface area (Å²) >= 11 is -1.98. The third kappa shape index (κ3) is 42.5. The average molecular weight is 1780 g/mol. The number of aliphatic carboxylic acids is 6. The quantitative estimate of drug-likeness (QED) is 0.0234. The van der Waals surface area contributed by atoms with E-state index in [-0.39, 0.29) is 205 Å². The van der Waals surface area contributed by atoms with Crippen molar-refractivity contribution in [3.63, 3.8) is 0 Å². The van der Waals surface area contributed by atoms with Crippen molar-refractivity contribution in [1.82, 2.24) is 49.8 Å². The summed E-state index contributed by atoms with van der Waals surface area (Å²) in [4.78, 5) is 158. The number of hydrogen-bond donors (Lipinski definition) is 8. The second-order valence-electron chi connectivity index (χ2n) is 24.4. The molecular weight excluding hydrogens is 1690 g/mol. The van der Waals surface area contributed by atoms with Crippen molar-refractivity contribution in [3.8, 4) is 22.3 Å². The summed E-state index contributed by atoms with van der Waals surface area (Å²) in [5.74, 6) is 7.90. The molecule has 0 saturated carbocycles. The maximum absolute atomic E-state index is 12.8. The topological polar surface area (TPSA) is 376 Å². The molecule has 0 spiro atoms. The number of ketones is 4. The molecule has 2 amide bonds. The Kier molecular flexibility index (Phi) is 46.8. The summed E-state index contributed by atoms with van der Waals surface area (Å²) < 4.78 is 0. The normalized spacial score (nSPS) is 15.5. The Morgan fingerprint density at radius 3 is 0.718 bits per heavy atom. The zero-order valence-electron chi connectivity index (χ0n) is 57.4. The van der Waals surface area contributed by atoms with E-state index in [0.717, 1.165) is 22.3 Å². The second kappa shape index (κ2) is 52.5. The van der Waals surface area contributed by atoms with E-state index >= 15 is 0 Å². The number of carboxylic acids is 6. The molecule has 0 bridgehead atoms. The van der Waals surface area contributed by atoms with Crippen LogP contribution in [0.1, 0.15) is 72.1 Å². The Bertz CT molecular complexity index is 3040. The van der Waals surface area contributed by atoms with E-state index in [1.54, 1.807) is 53.7 Å². The monoisotopic (exact) mass is 1780 g/mol. The first-order valence-electron chi connectivity index (χ1n) is 33.4. The minimum absolute atomic E-state index is 0. The zero-order chi connectivity index (χ0) is 74.8.